The molecule has 26 heavy (non-hydrogen) atoms. The highest BCUT2D eigenvalue weighted by atomic mass is 32.2. The van der Waals surface area contributed by atoms with Crippen molar-refractivity contribution in [1.29, 1.82) is 0 Å². The van der Waals surface area contributed by atoms with Crippen molar-refractivity contribution in [3.63, 3.8) is 0 Å². The summed E-state index contributed by atoms with van der Waals surface area (Å²) in [5.74, 6) is -0.509. The van der Waals surface area contributed by atoms with Crippen LogP contribution in [0.4, 0.5) is 0 Å². The molecular weight excluding hydrogens is 352 g/mol. The molecule has 1 saturated heterocycles. The number of thioether (sulfide) groups is 1. The first-order valence-corrected chi connectivity index (χ1v) is 9.43. The molecule has 1 heterocycles. The van der Waals surface area contributed by atoms with Gasteiger partial charge in [0.25, 0.3) is 0 Å². The highest BCUT2D eigenvalue weighted by Crippen LogP contribution is 2.33. The second-order valence-corrected chi connectivity index (χ2v) is 7.32. The fourth-order valence-corrected chi connectivity index (χ4v) is 3.86. The number of hydrogen-bond acceptors (Lipinski definition) is 6. The van der Waals surface area contributed by atoms with E-state index in [1.165, 1.54) is 11.8 Å². The fourth-order valence-electron chi connectivity index (χ4n) is 2.77. The minimum atomic E-state index is -0.951. The van der Waals surface area contributed by atoms with E-state index >= 15 is 0 Å². The number of ether oxygens (including phenoxy) is 2. The van der Waals surface area contributed by atoms with Gasteiger partial charge in [0.2, 0.25) is 0 Å². The Morgan fingerprint density at radius 1 is 0.885 bits per heavy atom. The summed E-state index contributed by atoms with van der Waals surface area (Å²) >= 11 is 1.29. The maximum atomic E-state index is 12.4. The highest BCUT2D eigenvalue weighted by Gasteiger charge is 2.43. The van der Waals surface area contributed by atoms with Crippen LogP contribution in [0.2, 0.25) is 0 Å². The van der Waals surface area contributed by atoms with E-state index in [2.05, 4.69) is 0 Å². The Balaban J connectivity index is 1.76. The Hall–Kier alpha value is -2.31. The molecule has 0 bridgehead atoms. The van der Waals surface area contributed by atoms with Crippen molar-refractivity contribution in [3.05, 3.63) is 71.8 Å². The van der Waals surface area contributed by atoms with Crippen LogP contribution in [0.25, 0.3) is 0 Å². The zero-order chi connectivity index (χ0) is 18.5. The molecule has 1 aliphatic rings. The third kappa shape index (κ3) is 4.26. The molecule has 4 atom stereocenters. The van der Waals surface area contributed by atoms with Gasteiger partial charge in [0.05, 0.1) is 11.1 Å². The molecular formula is C20H20O5S. The fraction of sp³-hybridized carbons (Fsp3) is 0.300. The number of rotatable bonds is 4. The van der Waals surface area contributed by atoms with Crippen molar-refractivity contribution in [2.24, 2.45) is 5.92 Å². The Kier molecular flexibility index (Phi) is 5.96. The first-order valence-electron chi connectivity index (χ1n) is 8.38. The summed E-state index contributed by atoms with van der Waals surface area (Å²) in [6.45, 7) is 1.91. The molecule has 1 aliphatic heterocycles. The van der Waals surface area contributed by atoms with Crippen molar-refractivity contribution >= 4 is 23.7 Å². The van der Waals surface area contributed by atoms with Crippen LogP contribution in [0, 0.1) is 5.92 Å². The first kappa shape index (κ1) is 18.5. The van der Waals surface area contributed by atoms with Crippen molar-refractivity contribution in [1.82, 2.24) is 0 Å². The van der Waals surface area contributed by atoms with Gasteiger partial charge < -0.3 is 14.6 Å². The zero-order valence-corrected chi connectivity index (χ0v) is 15.1. The summed E-state index contributed by atoms with van der Waals surface area (Å²) in [5.41, 5.74) is -0.149. The quantitative estimate of drug-likeness (QED) is 0.832. The van der Waals surface area contributed by atoms with Crippen molar-refractivity contribution < 1.29 is 24.2 Å². The van der Waals surface area contributed by atoms with E-state index in [1.807, 2.05) is 13.0 Å². The van der Waals surface area contributed by atoms with Gasteiger partial charge >= 0.3 is 11.9 Å². The number of aliphatic hydroxyl groups is 1. The van der Waals surface area contributed by atoms with Crippen LogP contribution in [0.15, 0.2) is 60.7 Å². The lowest BCUT2D eigenvalue weighted by Gasteiger charge is -2.37. The maximum absolute atomic E-state index is 12.4. The molecule has 1 unspecified atom stereocenters. The minimum Gasteiger partial charge on any atom is -0.454 e. The monoisotopic (exact) mass is 372 g/mol. The Labute approximate surface area is 156 Å². The van der Waals surface area contributed by atoms with E-state index < -0.39 is 29.6 Å². The largest absolute Gasteiger partial charge is 0.454 e. The predicted octanol–water partition coefficient (Wildman–Crippen LogP) is 3.14. The molecule has 1 N–H and O–H groups in total. The number of benzene rings is 2. The van der Waals surface area contributed by atoms with Gasteiger partial charge in [0, 0.05) is 11.7 Å². The molecule has 0 aliphatic carbocycles. The van der Waals surface area contributed by atoms with E-state index in [0.717, 1.165) is 0 Å². The van der Waals surface area contributed by atoms with Crippen LogP contribution in [0.1, 0.15) is 27.6 Å². The standard InChI is InChI=1S/C20H20O5S/c1-13-12-26-20(23)17(25-19(22)15-10-6-3-7-11-15)16(13)24-18(21)14-8-4-2-5-9-14/h2-11,13,16-17,20,23H,12H2,1H3/t13-,16-,17+,20?/m1/s1. The lowest BCUT2D eigenvalue weighted by molar-refractivity contribution is -0.0784. The molecule has 0 spiro atoms. The Morgan fingerprint density at radius 3 is 1.85 bits per heavy atom. The van der Waals surface area contributed by atoms with Crippen LogP contribution >= 0.6 is 11.8 Å². The number of carbonyl (C=O) groups is 2. The van der Waals surface area contributed by atoms with E-state index in [-0.39, 0.29) is 5.92 Å². The van der Waals surface area contributed by atoms with Gasteiger partial charge in [-0.05, 0) is 24.3 Å². The smallest absolute Gasteiger partial charge is 0.338 e. The van der Waals surface area contributed by atoms with Crippen molar-refractivity contribution in [2.75, 3.05) is 5.75 Å². The second kappa shape index (κ2) is 8.38. The van der Waals surface area contributed by atoms with Crippen LogP contribution in [-0.2, 0) is 9.47 Å². The molecule has 0 radical (unpaired) electrons. The molecule has 2 aromatic carbocycles. The van der Waals surface area contributed by atoms with E-state index in [0.29, 0.717) is 16.9 Å². The van der Waals surface area contributed by atoms with E-state index in [4.69, 9.17) is 9.47 Å². The average Bonchev–Trinajstić information content (AvgIpc) is 2.68. The highest BCUT2D eigenvalue weighted by molar-refractivity contribution is 7.99. The number of hydrogen-bond donors (Lipinski definition) is 1. The summed E-state index contributed by atoms with van der Waals surface area (Å²) in [6.07, 6.45) is -1.64. The van der Waals surface area contributed by atoms with Crippen molar-refractivity contribution in [3.8, 4) is 0 Å². The minimum absolute atomic E-state index is 0.0652. The summed E-state index contributed by atoms with van der Waals surface area (Å²) in [5, 5.41) is 10.3. The molecule has 5 nitrogen and oxygen atoms in total. The normalized spacial score (nSPS) is 25.3. The molecule has 0 aromatic heterocycles. The molecule has 6 heteroatoms. The number of carbonyl (C=O) groups excluding carboxylic acids is 2. The molecule has 0 saturated carbocycles. The molecule has 0 amide bonds. The number of aliphatic hydroxyl groups excluding tert-OH is 1. The Morgan fingerprint density at radius 2 is 1.35 bits per heavy atom. The molecule has 2 aromatic rings. The van der Waals surface area contributed by atoms with E-state index in [9.17, 15) is 14.7 Å². The third-order valence-electron chi connectivity index (χ3n) is 4.20. The van der Waals surface area contributed by atoms with Crippen LogP contribution in [0.5, 0.6) is 0 Å². The lowest BCUT2D eigenvalue weighted by atomic mass is 10.0. The summed E-state index contributed by atoms with van der Waals surface area (Å²) in [7, 11) is 0. The van der Waals surface area contributed by atoms with E-state index in [1.54, 1.807) is 54.6 Å². The molecule has 1 fully saturated rings. The summed E-state index contributed by atoms with van der Waals surface area (Å²) < 4.78 is 11.1. The first-order chi connectivity index (χ1) is 12.6. The lowest BCUT2D eigenvalue weighted by Crippen LogP contribution is -2.49. The van der Waals surface area contributed by atoms with Gasteiger partial charge in [0.1, 0.15) is 11.5 Å². The van der Waals surface area contributed by atoms with Gasteiger partial charge in [-0.25, -0.2) is 9.59 Å². The Bertz CT molecular complexity index is 684. The summed E-state index contributed by atoms with van der Waals surface area (Å²) in [6, 6.07) is 17.2. The maximum Gasteiger partial charge on any atom is 0.338 e. The summed E-state index contributed by atoms with van der Waals surface area (Å²) in [4.78, 5) is 24.8. The van der Waals surface area contributed by atoms with Crippen LogP contribution in [0.3, 0.4) is 0 Å². The van der Waals surface area contributed by atoms with Gasteiger partial charge in [-0.15, -0.1) is 11.8 Å². The topological polar surface area (TPSA) is 72.8 Å². The zero-order valence-electron chi connectivity index (χ0n) is 14.3. The van der Waals surface area contributed by atoms with Crippen LogP contribution in [-0.4, -0.2) is 40.4 Å². The average molecular weight is 372 g/mol. The van der Waals surface area contributed by atoms with Gasteiger partial charge in [-0.1, -0.05) is 43.3 Å². The van der Waals surface area contributed by atoms with Crippen LogP contribution < -0.4 is 0 Å². The van der Waals surface area contributed by atoms with Crippen molar-refractivity contribution in [2.45, 2.75) is 24.6 Å². The third-order valence-corrected chi connectivity index (χ3v) is 5.53. The van der Waals surface area contributed by atoms with Gasteiger partial charge in [-0.2, -0.15) is 0 Å². The SMILES string of the molecule is C[C@@H]1CSC(O)[C@@H](OC(=O)c2ccccc2)[C@@H]1OC(=O)c1ccccc1. The van der Waals surface area contributed by atoms with Gasteiger partial charge in [0.15, 0.2) is 6.10 Å². The molecule has 3 rings (SSSR count). The van der Waals surface area contributed by atoms with Gasteiger partial charge in [-0.3, -0.25) is 0 Å². The second-order valence-electron chi connectivity index (χ2n) is 6.17. The number of esters is 2. The molecule has 136 valence electrons. The predicted molar refractivity (Wildman–Crippen MR) is 98.9 cm³/mol.